The molecule has 0 aromatic heterocycles. The van der Waals surface area contributed by atoms with E-state index in [4.69, 9.17) is 14.2 Å². The summed E-state index contributed by atoms with van der Waals surface area (Å²) in [4.78, 5) is 39.8. The maximum Gasteiger partial charge on any atom is 0.314 e. The molecule has 0 radical (unpaired) electrons. The van der Waals surface area contributed by atoms with Crippen LogP contribution in [0.1, 0.15) is 113 Å². The Morgan fingerprint density at radius 1 is 1.10 bits per heavy atom. The maximum absolute atomic E-state index is 14.0. The van der Waals surface area contributed by atoms with Crippen molar-refractivity contribution >= 4 is 17.7 Å². The van der Waals surface area contributed by atoms with Gasteiger partial charge in [0.1, 0.15) is 17.5 Å². The number of rotatable bonds is 6. The lowest BCUT2D eigenvalue weighted by atomic mass is 9.41. The zero-order valence-electron chi connectivity index (χ0n) is 25.7. The summed E-state index contributed by atoms with van der Waals surface area (Å²) in [5, 5.41) is 0. The van der Waals surface area contributed by atoms with E-state index in [1.165, 1.54) is 12.5 Å². The normalized spacial score (nSPS) is 44.5. The molecular formula is C33H50O6. The van der Waals surface area contributed by atoms with Crippen molar-refractivity contribution in [3.63, 3.8) is 0 Å². The number of methoxy groups -OCH3 is 1. The molecule has 1 spiro atoms. The van der Waals surface area contributed by atoms with E-state index < -0.39 is 22.3 Å². The fourth-order valence-corrected chi connectivity index (χ4v) is 10.5. The summed E-state index contributed by atoms with van der Waals surface area (Å²) < 4.78 is 17.7. The summed E-state index contributed by atoms with van der Waals surface area (Å²) in [6.07, 6.45) is 9.42. The Labute approximate surface area is 235 Å². The second kappa shape index (κ2) is 8.90. The molecule has 0 aromatic carbocycles. The Bertz CT molecular complexity index is 1100. The Balaban J connectivity index is 1.48. The summed E-state index contributed by atoms with van der Waals surface area (Å²) in [6.45, 7) is 16.8. The predicted octanol–water partition coefficient (Wildman–Crippen LogP) is 6.59. The van der Waals surface area contributed by atoms with Gasteiger partial charge in [-0.3, -0.25) is 14.4 Å². The molecule has 39 heavy (non-hydrogen) atoms. The first-order valence-electron chi connectivity index (χ1n) is 15.2. The highest BCUT2D eigenvalue weighted by Gasteiger charge is 2.78. The third-order valence-electron chi connectivity index (χ3n) is 12.6. The van der Waals surface area contributed by atoms with Crippen LogP contribution in [0.3, 0.4) is 0 Å². The number of carbonyl (C=O) groups is 3. The van der Waals surface area contributed by atoms with Crippen LogP contribution in [0.5, 0.6) is 0 Å². The molecule has 1 aliphatic heterocycles. The van der Waals surface area contributed by atoms with E-state index >= 15 is 0 Å². The van der Waals surface area contributed by atoms with Crippen molar-refractivity contribution in [2.75, 3.05) is 7.11 Å². The zero-order chi connectivity index (χ0) is 28.8. The van der Waals surface area contributed by atoms with Crippen LogP contribution in [0.25, 0.3) is 0 Å². The van der Waals surface area contributed by atoms with Crippen molar-refractivity contribution in [3.8, 4) is 0 Å². The van der Waals surface area contributed by atoms with E-state index in [9.17, 15) is 14.4 Å². The quantitative estimate of drug-likeness (QED) is 0.278. The molecule has 5 rings (SSSR count). The lowest BCUT2D eigenvalue weighted by Gasteiger charge is -2.63. The molecule has 0 bridgehead atoms. The highest BCUT2D eigenvalue weighted by atomic mass is 16.6. The van der Waals surface area contributed by atoms with Crippen LogP contribution >= 0.6 is 0 Å². The van der Waals surface area contributed by atoms with Gasteiger partial charge in [-0.15, -0.1) is 0 Å². The molecule has 5 aliphatic rings. The molecule has 6 heteroatoms. The van der Waals surface area contributed by atoms with Crippen LogP contribution in [-0.2, 0) is 28.6 Å². The largest absolute Gasteiger partial charge is 0.462 e. The maximum atomic E-state index is 14.0. The van der Waals surface area contributed by atoms with E-state index in [1.54, 1.807) is 7.11 Å². The van der Waals surface area contributed by atoms with Gasteiger partial charge in [0, 0.05) is 25.9 Å². The number of ketones is 1. The topological polar surface area (TPSA) is 78.9 Å². The molecule has 218 valence electrons. The number of Topliss-reactive ketones (excluding diaryl/α,β-unsaturated/α-hetero) is 1. The van der Waals surface area contributed by atoms with Crippen LogP contribution in [0.15, 0.2) is 11.6 Å². The summed E-state index contributed by atoms with van der Waals surface area (Å²) >= 11 is 0. The van der Waals surface area contributed by atoms with E-state index in [0.29, 0.717) is 25.2 Å². The minimum absolute atomic E-state index is 0.0353. The summed E-state index contributed by atoms with van der Waals surface area (Å²) in [5.41, 5.74) is -0.975. The molecule has 3 saturated carbocycles. The molecule has 1 saturated heterocycles. The molecule has 1 heterocycles. The second-order valence-corrected chi connectivity index (χ2v) is 15.4. The third kappa shape index (κ3) is 3.85. The minimum atomic E-state index is -0.780. The lowest BCUT2D eigenvalue weighted by Crippen LogP contribution is -2.59. The molecule has 0 N–H and O–H groups in total. The average molecular weight is 543 g/mol. The fourth-order valence-electron chi connectivity index (χ4n) is 10.5. The number of carbonyl (C=O) groups excluding carboxylic acids is 3. The van der Waals surface area contributed by atoms with E-state index in [2.05, 4.69) is 47.6 Å². The van der Waals surface area contributed by atoms with E-state index in [1.807, 2.05) is 6.92 Å². The van der Waals surface area contributed by atoms with Gasteiger partial charge in [-0.25, -0.2) is 0 Å². The number of fused-ring (bicyclic) bond motifs is 4. The van der Waals surface area contributed by atoms with Crippen molar-refractivity contribution in [3.05, 3.63) is 11.6 Å². The molecule has 0 amide bonds. The first kappa shape index (κ1) is 28.8. The van der Waals surface area contributed by atoms with Gasteiger partial charge in [0.15, 0.2) is 0 Å². The number of hydrogen-bond donors (Lipinski definition) is 0. The van der Waals surface area contributed by atoms with Crippen LogP contribution in [0.2, 0.25) is 0 Å². The molecule has 4 fully saturated rings. The average Bonchev–Trinajstić information content (AvgIpc) is 3.21. The van der Waals surface area contributed by atoms with Gasteiger partial charge in [0.25, 0.3) is 0 Å². The van der Waals surface area contributed by atoms with Crippen molar-refractivity contribution in [2.45, 2.75) is 130 Å². The summed E-state index contributed by atoms with van der Waals surface area (Å²) in [7, 11) is 1.73. The monoisotopic (exact) mass is 542 g/mol. The van der Waals surface area contributed by atoms with Gasteiger partial charge in [-0.05, 0) is 94.8 Å². The fraction of sp³-hybridized carbons (Fsp3) is 0.848. The Kier molecular flexibility index (Phi) is 6.58. The van der Waals surface area contributed by atoms with Crippen LogP contribution in [-0.4, -0.2) is 42.1 Å². The van der Waals surface area contributed by atoms with Crippen LogP contribution in [0, 0.1) is 39.4 Å². The smallest absolute Gasteiger partial charge is 0.314 e. The SMILES string of the molecule is COC(C)(C)CCCC1(C)OC(=O)C23CC=C4C(CCC5C4(C)CCC(OC(C)=O)C5(C)C)C2(C)CC(=O)C13. The highest BCUT2D eigenvalue weighted by Crippen LogP contribution is 2.75. The highest BCUT2D eigenvalue weighted by molar-refractivity contribution is 5.99. The molecule has 6 nitrogen and oxygen atoms in total. The molecule has 0 aromatic rings. The lowest BCUT2D eigenvalue weighted by molar-refractivity contribution is -0.172. The molecular weight excluding hydrogens is 492 g/mol. The van der Waals surface area contributed by atoms with Crippen molar-refractivity contribution in [2.24, 2.45) is 39.4 Å². The van der Waals surface area contributed by atoms with Crippen molar-refractivity contribution in [1.29, 1.82) is 0 Å². The molecule has 8 unspecified atom stereocenters. The van der Waals surface area contributed by atoms with Gasteiger partial charge in [0.05, 0.1) is 16.9 Å². The minimum Gasteiger partial charge on any atom is -0.462 e. The zero-order valence-corrected chi connectivity index (χ0v) is 25.7. The van der Waals surface area contributed by atoms with Crippen molar-refractivity contribution in [1.82, 2.24) is 0 Å². The summed E-state index contributed by atoms with van der Waals surface area (Å²) in [6, 6.07) is 0. The Morgan fingerprint density at radius 3 is 2.44 bits per heavy atom. The number of cyclic esters (lactones) is 1. The number of hydrogen-bond acceptors (Lipinski definition) is 6. The van der Waals surface area contributed by atoms with Gasteiger partial charge >= 0.3 is 11.9 Å². The summed E-state index contributed by atoms with van der Waals surface area (Å²) in [5.74, 6) is 0.00727. The van der Waals surface area contributed by atoms with Crippen LogP contribution in [0.4, 0.5) is 0 Å². The predicted molar refractivity (Wildman–Crippen MR) is 149 cm³/mol. The molecule has 8 atom stereocenters. The number of ether oxygens (including phenoxy) is 3. The second-order valence-electron chi connectivity index (χ2n) is 15.4. The Hall–Kier alpha value is -1.69. The molecule has 4 aliphatic carbocycles. The number of esters is 2. The Morgan fingerprint density at radius 2 is 1.79 bits per heavy atom. The van der Waals surface area contributed by atoms with Gasteiger partial charge in [0.2, 0.25) is 0 Å². The van der Waals surface area contributed by atoms with E-state index in [-0.39, 0.29) is 46.2 Å². The third-order valence-corrected chi connectivity index (χ3v) is 12.6. The standard InChI is InChI=1S/C33H50O6/c1-20(34)38-25-14-17-30(6)21-13-18-33-26(32(8,39-27(33)36)16-10-15-28(2,3)37-9)23(35)19-31(33,7)22(21)11-12-24(30)29(25,4)5/h13,22,24-26H,10-12,14-19H2,1-9H3. The first-order chi connectivity index (χ1) is 18.0. The van der Waals surface area contributed by atoms with Crippen LogP contribution < -0.4 is 0 Å². The number of allylic oxidation sites excluding steroid dienone is 2. The first-order valence-corrected chi connectivity index (χ1v) is 15.2. The van der Waals surface area contributed by atoms with Gasteiger partial charge < -0.3 is 14.2 Å². The van der Waals surface area contributed by atoms with Gasteiger partial charge in [-0.2, -0.15) is 0 Å². The van der Waals surface area contributed by atoms with Crippen molar-refractivity contribution < 1.29 is 28.6 Å². The van der Waals surface area contributed by atoms with Gasteiger partial charge in [-0.1, -0.05) is 39.3 Å². The van der Waals surface area contributed by atoms with E-state index in [0.717, 1.165) is 38.5 Å².